The van der Waals surface area contributed by atoms with Gasteiger partial charge < -0.3 is 20.6 Å². The molecule has 0 aliphatic rings. The number of hydrogen-bond acceptors (Lipinski definition) is 2. The van der Waals surface area contributed by atoms with E-state index in [1.807, 2.05) is 42.7 Å². The van der Waals surface area contributed by atoms with E-state index in [4.69, 9.17) is 0 Å². The van der Waals surface area contributed by atoms with Crippen LogP contribution in [0.2, 0.25) is 0 Å². The standard InChI is InChI=1S/C22H23FN6.HI/c1-24-22(25-10-9-16-12-26-19-8-7-17(23)11-18(16)19)28-14-21-27-13-20(29-21)15-5-3-2-4-6-15;/h2-8,11-13,26H,9-10,14H2,1H3,(H,27,29)(H2,24,25,28);1H. The third-order valence-electron chi connectivity index (χ3n) is 4.78. The molecule has 0 saturated heterocycles. The van der Waals surface area contributed by atoms with Gasteiger partial charge in [-0.05, 0) is 35.7 Å². The molecule has 4 N–H and O–H groups in total. The molecule has 6 nitrogen and oxygen atoms in total. The number of nitrogens with one attached hydrogen (secondary N) is 4. The number of imidazole rings is 1. The average Bonchev–Trinajstić information content (AvgIpc) is 3.38. The van der Waals surface area contributed by atoms with E-state index in [0.29, 0.717) is 19.0 Å². The molecule has 0 fully saturated rings. The van der Waals surface area contributed by atoms with Gasteiger partial charge in [0, 0.05) is 30.7 Å². The zero-order valence-electron chi connectivity index (χ0n) is 16.6. The predicted molar refractivity (Wildman–Crippen MR) is 130 cm³/mol. The van der Waals surface area contributed by atoms with Gasteiger partial charge in [0.25, 0.3) is 0 Å². The highest BCUT2D eigenvalue weighted by atomic mass is 127. The number of aromatic nitrogens is 3. The van der Waals surface area contributed by atoms with Gasteiger partial charge in [0.1, 0.15) is 11.6 Å². The average molecular weight is 518 g/mol. The van der Waals surface area contributed by atoms with E-state index < -0.39 is 0 Å². The summed E-state index contributed by atoms with van der Waals surface area (Å²) in [5, 5.41) is 7.46. The molecule has 4 aromatic rings. The SMILES string of the molecule is CN=C(NCCc1c[nH]c2ccc(F)cc12)NCc1ncc(-c2ccccc2)[nH]1.I. The topological polar surface area (TPSA) is 80.9 Å². The van der Waals surface area contributed by atoms with Gasteiger partial charge in [-0.2, -0.15) is 0 Å². The van der Waals surface area contributed by atoms with Crippen LogP contribution in [-0.4, -0.2) is 34.5 Å². The van der Waals surface area contributed by atoms with Crippen LogP contribution in [0.4, 0.5) is 4.39 Å². The Morgan fingerprint density at radius 3 is 2.77 bits per heavy atom. The summed E-state index contributed by atoms with van der Waals surface area (Å²) in [6, 6.07) is 14.9. The molecule has 8 heteroatoms. The lowest BCUT2D eigenvalue weighted by molar-refractivity contribution is 0.629. The first-order valence-corrected chi connectivity index (χ1v) is 9.52. The van der Waals surface area contributed by atoms with Crippen LogP contribution in [0.5, 0.6) is 0 Å². The molecule has 0 aliphatic heterocycles. The Labute approximate surface area is 191 Å². The quantitative estimate of drug-likeness (QED) is 0.175. The summed E-state index contributed by atoms with van der Waals surface area (Å²) in [5.41, 5.74) is 4.10. The zero-order chi connectivity index (χ0) is 20.1. The number of nitrogens with zero attached hydrogens (tertiary/aromatic N) is 2. The third kappa shape index (κ3) is 5.18. The maximum Gasteiger partial charge on any atom is 0.191 e. The van der Waals surface area contributed by atoms with E-state index >= 15 is 0 Å². The fourth-order valence-electron chi connectivity index (χ4n) is 3.28. The molecule has 2 aromatic carbocycles. The Balaban J connectivity index is 0.00000256. The van der Waals surface area contributed by atoms with Crippen molar-refractivity contribution in [3.05, 3.63) is 78.1 Å². The van der Waals surface area contributed by atoms with Gasteiger partial charge in [-0.3, -0.25) is 4.99 Å². The minimum atomic E-state index is -0.225. The number of benzene rings is 2. The highest BCUT2D eigenvalue weighted by Gasteiger charge is 2.07. The first-order valence-electron chi connectivity index (χ1n) is 9.52. The molecule has 0 aliphatic carbocycles. The molecule has 2 heterocycles. The van der Waals surface area contributed by atoms with Crippen LogP contribution in [0, 0.1) is 5.82 Å². The van der Waals surface area contributed by atoms with Crippen LogP contribution in [-0.2, 0) is 13.0 Å². The van der Waals surface area contributed by atoms with E-state index in [0.717, 1.165) is 40.0 Å². The van der Waals surface area contributed by atoms with E-state index in [2.05, 4.69) is 30.6 Å². The van der Waals surface area contributed by atoms with Crippen molar-refractivity contribution in [2.45, 2.75) is 13.0 Å². The van der Waals surface area contributed by atoms with Crippen LogP contribution in [0.15, 0.2) is 65.9 Å². The van der Waals surface area contributed by atoms with Gasteiger partial charge in [0.15, 0.2) is 5.96 Å². The van der Waals surface area contributed by atoms with Gasteiger partial charge in [-0.15, -0.1) is 24.0 Å². The predicted octanol–water partition coefficient (Wildman–Crippen LogP) is 4.22. The molecular weight excluding hydrogens is 494 g/mol. The van der Waals surface area contributed by atoms with Crippen molar-refractivity contribution in [1.29, 1.82) is 0 Å². The molecule has 0 atom stereocenters. The Hall–Kier alpha value is -2.88. The second-order valence-corrected chi connectivity index (χ2v) is 6.72. The fraction of sp³-hybridized carbons (Fsp3) is 0.182. The second kappa shape index (κ2) is 10.2. The normalized spacial score (nSPS) is 11.3. The molecule has 0 unspecified atom stereocenters. The van der Waals surface area contributed by atoms with Gasteiger partial charge in [-0.25, -0.2) is 9.37 Å². The molecule has 0 amide bonds. The molecule has 4 rings (SSSR count). The van der Waals surface area contributed by atoms with Crippen LogP contribution in [0.25, 0.3) is 22.2 Å². The summed E-state index contributed by atoms with van der Waals surface area (Å²) in [7, 11) is 1.73. The summed E-state index contributed by atoms with van der Waals surface area (Å²) in [5.74, 6) is 1.30. The Morgan fingerprint density at radius 2 is 1.97 bits per heavy atom. The smallest absolute Gasteiger partial charge is 0.191 e. The number of guanidine groups is 1. The highest BCUT2D eigenvalue weighted by molar-refractivity contribution is 14.0. The van der Waals surface area contributed by atoms with E-state index in [9.17, 15) is 4.39 Å². The summed E-state index contributed by atoms with van der Waals surface area (Å²) in [4.78, 5) is 15.2. The largest absolute Gasteiger partial charge is 0.361 e. The fourth-order valence-corrected chi connectivity index (χ4v) is 3.28. The maximum absolute atomic E-state index is 13.5. The summed E-state index contributed by atoms with van der Waals surface area (Å²) in [6.07, 6.45) is 4.51. The number of H-pyrrole nitrogens is 2. The summed E-state index contributed by atoms with van der Waals surface area (Å²) < 4.78 is 13.5. The Bertz CT molecular complexity index is 1120. The highest BCUT2D eigenvalue weighted by Crippen LogP contribution is 2.19. The maximum atomic E-state index is 13.5. The van der Waals surface area contributed by atoms with Crippen LogP contribution < -0.4 is 10.6 Å². The molecule has 156 valence electrons. The van der Waals surface area contributed by atoms with Crippen LogP contribution in [0.1, 0.15) is 11.4 Å². The summed E-state index contributed by atoms with van der Waals surface area (Å²) >= 11 is 0. The minimum absolute atomic E-state index is 0. The molecular formula is C22H24FIN6. The van der Waals surface area contributed by atoms with Crippen molar-refractivity contribution >= 4 is 40.8 Å². The van der Waals surface area contributed by atoms with Crippen LogP contribution in [0.3, 0.4) is 0 Å². The third-order valence-corrected chi connectivity index (χ3v) is 4.78. The first kappa shape index (κ1) is 21.8. The lowest BCUT2D eigenvalue weighted by Crippen LogP contribution is -2.38. The van der Waals surface area contributed by atoms with Gasteiger partial charge in [-0.1, -0.05) is 30.3 Å². The molecule has 30 heavy (non-hydrogen) atoms. The zero-order valence-corrected chi connectivity index (χ0v) is 18.9. The van der Waals surface area contributed by atoms with Gasteiger partial charge >= 0.3 is 0 Å². The van der Waals surface area contributed by atoms with E-state index in [-0.39, 0.29) is 29.8 Å². The second-order valence-electron chi connectivity index (χ2n) is 6.72. The van der Waals surface area contributed by atoms with Crippen molar-refractivity contribution in [3.8, 4) is 11.3 Å². The van der Waals surface area contributed by atoms with Gasteiger partial charge in [0.05, 0.1) is 18.4 Å². The number of aliphatic imine (C=N–C) groups is 1. The van der Waals surface area contributed by atoms with E-state index in [1.54, 1.807) is 19.2 Å². The molecule has 0 spiro atoms. The molecule has 0 bridgehead atoms. The summed E-state index contributed by atoms with van der Waals surface area (Å²) in [6.45, 7) is 1.21. The van der Waals surface area contributed by atoms with Crippen LogP contribution >= 0.6 is 24.0 Å². The minimum Gasteiger partial charge on any atom is -0.361 e. The molecule has 0 radical (unpaired) electrons. The van der Waals surface area contributed by atoms with Crippen molar-refractivity contribution in [1.82, 2.24) is 25.6 Å². The Kier molecular flexibility index (Phi) is 7.45. The number of aromatic amines is 2. The number of hydrogen-bond donors (Lipinski definition) is 4. The number of halogens is 2. The lowest BCUT2D eigenvalue weighted by Gasteiger charge is -2.10. The molecule has 2 aromatic heterocycles. The molecule has 0 saturated carbocycles. The number of fused-ring (bicyclic) bond motifs is 1. The van der Waals surface area contributed by atoms with E-state index in [1.165, 1.54) is 6.07 Å². The van der Waals surface area contributed by atoms with Crippen molar-refractivity contribution in [3.63, 3.8) is 0 Å². The number of rotatable bonds is 6. The van der Waals surface area contributed by atoms with Crippen molar-refractivity contribution in [2.75, 3.05) is 13.6 Å². The first-order chi connectivity index (χ1) is 14.2. The lowest BCUT2D eigenvalue weighted by atomic mass is 10.1. The van der Waals surface area contributed by atoms with Crippen molar-refractivity contribution in [2.24, 2.45) is 4.99 Å². The van der Waals surface area contributed by atoms with Gasteiger partial charge in [0.2, 0.25) is 0 Å². The Morgan fingerprint density at radius 1 is 1.13 bits per heavy atom. The van der Waals surface area contributed by atoms with Crippen molar-refractivity contribution < 1.29 is 4.39 Å². The monoisotopic (exact) mass is 518 g/mol.